The number of morpholine rings is 1. The van der Waals surface area contributed by atoms with E-state index in [-0.39, 0.29) is 5.91 Å². The van der Waals surface area contributed by atoms with E-state index in [0.717, 1.165) is 0 Å². The Hall–Kier alpha value is -1.89. The summed E-state index contributed by atoms with van der Waals surface area (Å²) in [6.45, 7) is 1.45. The second-order valence-corrected chi connectivity index (χ2v) is 3.68. The fraction of sp³-hybridized carbons (Fsp3) is 0.500. The van der Waals surface area contributed by atoms with Gasteiger partial charge in [-0.05, 0) is 6.07 Å². The molecule has 1 aliphatic heterocycles. The predicted molar refractivity (Wildman–Crippen MR) is 62.5 cm³/mol. The Morgan fingerprint density at radius 3 is 3.24 bits per heavy atom. The molecule has 1 saturated heterocycles. The van der Waals surface area contributed by atoms with Crippen molar-refractivity contribution in [2.45, 2.75) is 6.04 Å². The van der Waals surface area contributed by atoms with E-state index in [1.54, 1.807) is 24.2 Å². The molecule has 1 aromatic rings. The van der Waals surface area contributed by atoms with E-state index in [9.17, 15) is 4.79 Å². The van der Waals surface area contributed by atoms with Crippen molar-refractivity contribution in [3.8, 4) is 0 Å². The number of ether oxygens (including phenoxy) is 1. The van der Waals surface area contributed by atoms with E-state index in [1.807, 2.05) is 0 Å². The Labute approximate surface area is 99.0 Å². The highest BCUT2D eigenvalue weighted by Crippen LogP contribution is 2.15. The second kappa shape index (κ2) is 4.96. The number of rotatable bonds is 2. The zero-order chi connectivity index (χ0) is 12.3. The highest BCUT2D eigenvalue weighted by molar-refractivity contribution is 5.84. The fourth-order valence-electron chi connectivity index (χ4n) is 1.73. The van der Waals surface area contributed by atoms with Crippen molar-refractivity contribution < 1.29 is 9.53 Å². The lowest BCUT2D eigenvalue weighted by molar-refractivity contribution is -0.124. The maximum atomic E-state index is 11.7. The lowest BCUT2D eigenvalue weighted by atomic mass is 10.2. The minimum atomic E-state index is -0.407. The van der Waals surface area contributed by atoms with Gasteiger partial charge in [-0.25, -0.2) is 4.98 Å². The summed E-state index contributed by atoms with van der Waals surface area (Å²) >= 11 is 0. The number of carbonyl (C=O) groups excluding carboxylic acids is 1. The van der Waals surface area contributed by atoms with Gasteiger partial charge in [0.1, 0.15) is 11.9 Å². The molecule has 0 radical (unpaired) electrons. The van der Waals surface area contributed by atoms with Crippen LogP contribution in [0.2, 0.25) is 0 Å². The predicted octanol–water partition coefficient (Wildman–Crippen LogP) is -0.990. The first-order valence-corrected chi connectivity index (χ1v) is 5.37. The van der Waals surface area contributed by atoms with Crippen molar-refractivity contribution in [1.82, 2.24) is 15.3 Å². The Morgan fingerprint density at radius 2 is 2.53 bits per heavy atom. The van der Waals surface area contributed by atoms with Gasteiger partial charge in [0.15, 0.2) is 0 Å². The van der Waals surface area contributed by atoms with Crippen molar-refractivity contribution in [3.63, 3.8) is 0 Å². The molecule has 3 N–H and O–H groups in total. The van der Waals surface area contributed by atoms with Gasteiger partial charge < -0.3 is 20.7 Å². The van der Waals surface area contributed by atoms with Gasteiger partial charge in [0.25, 0.3) is 0 Å². The third-order valence-electron chi connectivity index (χ3n) is 2.60. The molecule has 1 aromatic heterocycles. The molecular weight excluding hydrogens is 222 g/mol. The fourth-order valence-corrected chi connectivity index (χ4v) is 1.73. The minimum absolute atomic E-state index is 0.115. The van der Waals surface area contributed by atoms with E-state index in [1.165, 1.54) is 0 Å². The Balaban J connectivity index is 2.24. The number of aromatic nitrogens is 2. The first-order valence-electron chi connectivity index (χ1n) is 5.37. The smallest absolute Gasteiger partial charge is 0.244 e. The molecule has 0 aliphatic carbocycles. The van der Waals surface area contributed by atoms with Gasteiger partial charge in [-0.1, -0.05) is 0 Å². The number of carbonyl (C=O) groups is 1. The van der Waals surface area contributed by atoms with E-state index in [4.69, 9.17) is 10.5 Å². The van der Waals surface area contributed by atoms with Crippen molar-refractivity contribution >= 4 is 17.7 Å². The summed E-state index contributed by atoms with van der Waals surface area (Å²) in [5.41, 5.74) is 5.61. The molecule has 0 spiro atoms. The van der Waals surface area contributed by atoms with Gasteiger partial charge in [0.05, 0.1) is 13.2 Å². The van der Waals surface area contributed by atoms with E-state index >= 15 is 0 Å². The first-order chi connectivity index (χ1) is 8.22. The van der Waals surface area contributed by atoms with Gasteiger partial charge in [0.2, 0.25) is 11.9 Å². The molecule has 7 nitrogen and oxygen atoms in total. The van der Waals surface area contributed by atoms with Crippen LogP contribution in [0.25, 0.3) is 0 Å². The summed E-state index contributed by atoms with van der Waals surface area (Å²) in [4.78, 5) is 21.8. The molecule has 0 aromatic carbocycles. The lowest BCUT2D eigenvalue weighted by Gasteiger charge is -2.34. The number of likely N-dealkylation sites (N-methyl/N-ethyl adjacent to an activating group) is 1. The topological polar surface area (TPSA) is 93.4 Å². The van der Waals surface area contributed by atoms with Crippen molar-refractivity contribution in [2.24, 2.45) is 0 Å². The number of anilines is 2. The van der Waals surface area contributed by atoms with Crippen LogP contribution in [0.4, 0.5) is 11.8 Å². The molecule has 92 valence electrons. The van der Waals surface area contributed by atoms with Crippen LogP contribution in [0.15, 0.2) is 12.3 Å². The van der Waals surface area contributed by atoms with Gasteiger partial charge in [-0.2, -0.15) is 4.98 Å². The zero-order valence-electron chi connectivity index (χ0n) is 9.59. The number of hydrogen-bond acceptors (Lipinski definition) is 6. The Kier molecular flexibility index (Phi) is 3.38. The average Bonchev–Trinajstić information content (AvgIpc) is 2.38. The molecule has 0 saturated carbocycles. The van der Waals surface area contributed by atoms with Crippen molar-refractivity contribution in [2.75, 3.05) is 37.4 Å². The number of nitrogens with two attached hydrogens (primary N) is 1. The van der Waals surface area contributed by atoms with Crippen LogP contribution in [0.3, 0.4) is 0 Å². The summed E-state index contributed by atoms with van der Waals surface area (Å²) in [6, 6.07) is 1.20. The van der Waals surface area contributed by atoms with E-state index in [0.29, 0.717) is 31.5 Å². The maximum Gasteiger partial charge on any atom is 0.244 e. The summed E-state index contributed by atoms with van der Waals surface area (Å²) in [5.74, 6) is 0.731. The number of nitrogen functional groups attached to an aromatic ring is 1. The van der Waals surface area contributed by atoms with Crippen LogP contribution in [-0.2, 0) is 9.53 Å². The standard InChI is InChI=1S/C10H15N5O2/c1-12-9(16)7-6-17-5-4-15(7)10-13-3-2-8(11)14-10/h2-3,7H,4-6H2,1H3,(H,12,16)(H2,11,13,14). The molecule has 1 aliphatic rings. The third kappa shape index (κ3) is 2.44. The van der Waals surface area contributed by atoms with Crippen LogP contribution in [0.5, 0.6) is 0 Å². The van der Waals surface area contributed by atoms with Crippen molar-refractivity contribution in [1.29, 1.82) is 0 Å². The molecule has 1 fully saturated rings. The number of amides is 1. The molecule has 7 heteroatoms. The Morgan fingerprint density at radius 1 is 1.71 bits per heavy atom. The average molecular weight is 237 g/mol. The van der Waals surface area contributed by atoms with Gasteiger partial charge in [-0.3, -0.25) is 4.79 Å². The van der Waals surface area contributed by atoms with Gasteiger partial charge in [0, 0.05) is 19.8 Å². The molecule has 1 atom stereocenters. The highest BCUT2D eigenvalue weighted by atomic mass is 16.5. The highest BCUT2D eigenvalue weighted by Gasteiger charge is 2.30. The largest absolute Gasteiger partial charge is 0.384 e. The van der Waals surface area contributed by atoms with Crippen LogP contribution in [-0.4, -0.2) is 48.7 Å². The quantitative estimate of drug-likeness (QED) is 0.686. The summed E-state index contributed by atoms with van der Waals surface area (Å²) in [7, 11) is 1.59. The molecule has 2 heterocycles. The lowest BCUT2D eigenvalue weighted by Crippen LogP contribution is -2.54. The van der Waals surface area contributed by atoms with Crippen LogP contribution in [0.1, 0.15) is 0 Å². The summed E-state index contributed by atoms with van der Waals surface area (Å²) in [6.07, 6.45) is 1.58. The molecular formula is C10H15N5O2. The summed E-state index contributed by atoms with van der Waals surface area (Å²) < 4.78 is 5.30. The van der Waals surface area contributed by atoms with Gasteiger partial charge >= 0.3 is 0 Å². The Bertz CT molecular complexity index is 411. The van der Waals surface area contributed by atoms with Crippen molar-refractivity contribution in [3.05, 3.63) is 12.3 Å². The van der Waals surface area contributed by atoms with Crippen LogP contribution >= 0.6 is 0 Å². The number of hydrogen-bond donors (Lipinski definition) is 2. The van der Waals surface area contributed by atoms with Crippen LogP contribution < -0.4 is 16.0 Å². The second-order valence-electron chi connectivity index (χ2n) is 3.68. The van der Waals surface area contributed by atoms with E-state index in [2.05, 4.69) is 15.3 Å². The maximum absolute atomic E-state index is 11.7. The molecule has 1 unspecified atom stereocenters. The van der Waals surface area contributed by atoms with Crippen LogP contribution in [0, 0.1) is 0 Å². The summed E-state index contributed by atoms with van der Waals surface area (Å²) in [5, 5.41) is 2.60. The molecule has 2 rings (SSSR count). The third-order valence-corrected chi connectivity index (χ3v) is 2.60. The zero-order valence-corrected chi connectivity index (χ0v) is 9.59. The normalized spacial score (nSPS) is 20.1. The van der Waals surface area contributed by atoms with Gasteiger partial charge in [-0.15, -0.1) is 0 Å². The SMILES string of the molecule is CNC(=O)C1COCCN1c1nccc(N)n1. The van der Waals surface area contributed by atoms with E-state index < -0.39 is 6.04 Å². The minimum Gasteiger partial charge on any atom is -0.384 e. The number of nitrogens with zero attached hydrogens (tertiary/aromatic N) is 3. The molecule has 17 heavy (non-hydrogen) atoms. The monoisotopic (exact) mass is 237 g/mol. The first kappa shape index (κ1) is 11.6. The molecule has 1 amide bonds. The molecule has 0 bridgehead atoms. The number of nitrogens with one attached hydrogen (secondary N) is 1.